The van der Waals surface area contributed by atoms with Gasteiger partial charge in [-0.25, -0.2) is 0 Å². The molecule has 2 N–H and O–H groups in total. The van der Waals surface area contributed by atoms with E-state index in [1.165, 1.54) is 47.9 Å². The zero-order valence-electron chi connectivity index (χ0n) is 14.5. The molecule has 0 aromatic heterocycles. The Morgan fingerprint density at radius 3 is 2.24 bits per heavy atom. The molecule has 2 atom stereocenters. The fraction of sp³-hybridized carbons (Fsp3) is 0.684. The van der Waals surface area contributed by atoms with Gasteiger partial charge < -0.3 is 10.5 Å². The first-order chi connectivity index (χ1) is 9.95. The first-order valence-corrected chi connectivity index (χ1v) is 8.40. The SMILES string of the molecule is CCCCCCC(C)OCC(N)c1c(C)cc(C)cc1C. The Balaban J connectivity index is 2.45. The Morgan fingerprint density at radius 2 is 1.67 bits per heavy atom. The molecule has 21 heavy (non-hydrogen) atoms. The van der Waals surface area contributed by atoms with Crippen molar-refractivity contribution in [3.05, 3.63) is 34.4 Å². The van der Waals surface area contributed by atoms with Crippen LogP contribution >= 0.6 is 0 Å². The highest BCUT2D eigenvalue weighted by Crippen LogP contribution is 2.23. The zero-order chi connectivity index (χ0) is 15.8. The quantitative estimate of drug-likeness (QED) is 0.651. The van der Waals surface area contributed by atoms with Crippen LogP contribution in [0.2, 0.25) is 0 Å². The topological polar surface area (TPSA) is 35.2 Å². The zero-order valence-corrected chi connectivity index (χ0v) is 14.5. The van der Waals surface area contributed by atoms with Crippen molar-refractivity contribution in [2.24, 2.45) is 5.73 Å². The summed E-state index contributed by atoms with van der Waals surface area (Å²) in [5.74, 6) is 0. The fourth-order valence-electron chi connectivity index (χ4n) is 3.07. The van der Waals surface area contributed by atoms with Crippen LogP contribution in [0.4, 0.5) is 0 Å². The number of nitrogens with two attached hydrogens (primary N) is 1. The van der Waals surface area contributed by atoms with E-state index in [1.807, 2.05) is 0 Å². The number of rotatable bonds is 9. The monoisotopic (exact) mass is 291 g/mol. The normalized spacial score (nSPS) is 14.2. The van der Waals surface area contributed by atoms with E-state index in [-0.39, 0.29) is 6.04 Å². The number of ether oxygens (including phenoxy) is 1. The molecule has 0 saturated carbocycles. The minimum atomic E-state index is -0.0244. The summed E-state index contributed by atoms with van der Waals surface area (Å²) in [7, 11) is 0. The minimum Gasteiger partial charge on any atom is -0.377 e. The molecule has 0 radical (unpaired) electrons. The number of hydrogen-bond acceptors (Lipinski definition) is 2. The number of hydrogen-bond donors (Lipinski definition) is 1. The molecule has 120 valence electrons. The molecule has 0 aliphatic rings. The fourth-order valence-corrected chi connectivity index (χ4v) is 3.07. The predicted octanol–water partition coefficient (Wildman–Crippen LogP) is 4.99. The lowest BCUT2D eigenvalue weighted by Crippen LogP contribution is -2.22. The van der Waals surface area contributed by atoms with Gasteiger partial charge in [0, 0.05) is 0 Å². The maximum Gasteiger partial charge on any atom is 0.0663 e. The maximum atomic E-state index is 6.35. The van der Waals surface area contributed by atoms with Crippen LogP contribution in [-0.2, 0) is 4.74 Å². The molecule has 0 saturated heterocycles. The molecule has 0 amide bonds. The molecule has 2 unspecified atom stereocenters. The summed E-state index contributed by atoms with van der Waals surface area (Å²) in [6.07, 6.45) is 6.62. The van der Waals surface area contributed by atoms with Crippen molar-refractivity contribution in [3.8, 4) is 0 Å². The third-order valence-electron chi connectivity index (χ3n) is 4.13. The lowest BCUT2D eigenvalue weighted by molar-refractivity contribution is 0.0489. The van der Waals surface area contributed by atoms with Gasteiger partial charge in [-0.1, -0.05) is 50.3 Å². The maximum absolute atomic E-state index is 6.35. The largest absolute Gasteiger partial charge is 0.377 e. The van der Waals surface area contributed by atoms with Gasteiger partial charge >= 0.3 is 0 Å². The van der Waals surface area contributed by atoms with Crippen LogP contribution in [0.5, 0.6) is 0 Å². The first-order valence-electron chi connectivity index (χ1n) is 8.40. The second-order valence-electron chi connectivity index (χ2n) is 6.41. The Hall–Kier alpha value is -0.860. The average Bonchev–Trinajstić information content (AvgIpc) is 2.40. The number of benzene rings is 1. The van der Waals surface area contributed by atoms with Crippen molar-refractivity contribution in [2.75, 3.05) is 6.61 Å². The van der Waals surface area contributed by atoms with E-state index < -0.39 is 0 Å². The molecule has 2 nitrogen and oxygen atoms in total. The van der Waals surface area contributed by atoms with Crippen molar-refractivity contribution >= 4 is 0 Å². The van der Waals surface area contributed by atoms with Gasteiger partial charge in [0.15, 0.2) is 0 Å². The molecule has 0 heterocycles. The standard InChI is InChI=1S/C19H33NO/c1-6-7-8-9-10-17(5)21-13-18(20)19-15(3)11-14(2)12-16(19)4/h11-12,17-18H,6-10,13,20H2,1-5H3. The van der Waals surface area contributed by atoms with Crippen molar-refractivity contribution in [1.82, 2.24) is 0 Å². The second kappa shape index (κ2) is 9.22. The van der Waals surface area contributed by atoms with E-state index in [0.717, 1.165) is 6.42 Å². The molecule has 1 aromatic rings. The highest BCUT2D eigenvalue weighted by molar-refractivity contribution is 5.39. The van der Waals surface area contributed by atoms with Crippen LogP contribution in [0.15, 0.2) is 12.1 Å². The summed E-state index contributed by atoms with van der Waals surface area (Å²) in [5, 5.41) is 0. The number of aryl methyl sites for hydroxylation is 3. The Labute approximate surface area is 131 Å². The van der Waals surface area contributed by atoms with Gasteiger partial charge in [-0.3, -0.25) is 0 Å². The van der Waals surface area contributed by atoms with Crippen LogP contribution in [0.25, 0.3) is 0 Å². The summed E-state index contributed by atoms with van der Waals surface area (Å²) in [4.78, 5) is 0. The lowest BCUT2D eigenvalue weighted by atomic mass is 9.95. The predicted molar refractivity (Wildman–Crippen MR) is 91.8 cm³/mol. The molecule has 0 aliphatic heterocycles. The smallest absolute Gasteiger partial charge is 0.0663 e. The van der Waals surface area contributed by atoms with E-state index >= 15 is 0 Å². The van der Waals surface area contributed by atoms with Gasteiger partial charge in [0.1, 0.15) is 0 Å². The van der Waals surface area contributed by atoms with Gasteiger partial charge in [-0.15, -0.1) is 0 Å². The molecule has 0 fully saturated rings. The summed E-state index contributed by atoms with van der Waals surface area (Å²) < 4.78 is 5.95. The van der Waals surface area contributed by atoms with E-state index in [9.17, 15) is 0 Å². The Bertz CT molecular complexity index is 405. The molecule has 1 rings (SSSR count). The third kappa shape index (κ3) is 6.19. The van der Waals surface area contributed by atoms with Gasteiger partial charge in [0.05, 0.1) is 18.8 Å². The van der Waals surface area contributed by atoms with Gasteiger partial charge in [0.2, 0.25) is 0 Å². The molecule has 0 spiro atoms. The molecular formula is C19H33NO. The van der Waals surface area contributed by atoms with Crippen LogP contribution < -0.4 is 5.73 Å². The van der Waals surface area contributed by atoms with Crippen LogP contribution in [-0.4, -0.2) is 12.7 Å². The summed E-state index contributed by atoms with van der Waals surface area (Å²) >= 11 is 0. The Morgan fingerprint density at radius 1 is 1.05 bits per heavy atom. The van der Waals surface area contributed by atoms with Crippen molar-refractivity contribution < 1.29 is 4.74 Å². The average molecular weight is 291 g/mol. The summed E-state index contributed by atoms with van der Waals surface area (Å²) in [5.41, 5.74) is 11.4. The van der Waals surface area contributed by atoms with Gasteiger partial charge in [0.25, 0.3) is 0 Å². The Kier molecular flexibility index (Phi) is 7.98. The van der Waals surface area contributed by atoms with Crippen LogP contribution in [0, 0.1) is 20.8 Å². The third-order valence-corrected chi connectivity index (χ3v) is 4.13. The summed E-state index contributed by atoms with van der Waals surface area (Å²) in [6, 6.07) is 4.39. The van der Waals surface area contributed by atoms with E-state index in [2.05, 4.69) is 46.8 Å². The first kappa shape index (κ1) is 18.2. The molecule has 0 bridgehead atoms. The molecule has 1 aromatic carbocycles. The highest BCUT2D eigenvalue weighted by Gasteiger charge is 2.14. The van der Waals surface area contributed by atoms with E-state index in [4.69, 9.17) is 10.5 Å². The van der Waals surface area contributed by atoms with Crippen molar-refractivity contribution in [3.63, 3.8) is 0 Å². The second-order valence-corrected chi connectivity index (χ2v) is 6.41. The summed E-state index contributed by atoms with van der Waals surface area (Å²) in [6.45, 7) is 11.4. The van der Waals surface area contributed by atoms with Crippen molar-refractivity contribution in [1.29, 1.82) is 0 Å². The van der Waals surface area contributed by atoms with E-state index in [0.29, 0.717) is 12.7 Å². The lowest BCUT2D eigenvalue weighted by Gasteiger charge is -2.21. The minimum absolute atomic E-state index is 0.0244. The highest BCUT2D eigenvalue weighted by atomic mass is 16.5. The molecular weight excluding hydrogens is 258 g/mol. The van der Waals surface area contributed by atoms with Gasteiger partial charge in [-0.05, 0) is 50.8 Å². The molecule has 2 heteroatoms. The van der Waals surface area contributed by atoms with Crippen LogP contribution in [0.3, 0.4) is 0 Å². The van der Waals surface area contributed by atoms with Gasteiger partial charge in [-0.2, -0.15) is 0 Å². The van der Waals surface area contributed by atoms with Crippen LogP contribution in [0.1, 0.15) is 74.2 Å². The molecule has 0 aliphatic carbocycles. The van der Waals surface area contributed by atoms with Crippen molar-refractivity contribution in [2.45, 2.75) is 78.9 Å². The van der Waals surface area contributed by atoms with E-state index in [1.54, 1.807) is 0 Å². The number of unbranched alkanes of at least 4 members (excludes halogenated alkanes) is 3.